The SMILES string of the molecule is Cc1cc(C)cc(NC(=O)CCn2c(-c3ccc(F)cc3)n[nH]c2=S)c1. The van der Waals surface area contributed by atoms with Crippen molar-refractivity contribution in [3.05, 3.63) is 64.2 Å². The molecule has 2 aromatic carbocycles. The molecule has 3 rings (SSSR count). The van der Waals surface area contributed by atoms with E-state index in [0.29, 0.717) is 17.1 Å². The minimum atomic E-state index is -0.317. The quantitative estimate of drug-likeness (QED) is 0.655. The van der Waals surface area contributed by atoms with E-state index in [0.717, 1.165) is 22.4 Å². The highest BCUT2D eigenvalue weighted by atomic mass is 32.1. The van der Waals surface area contributed by atoms with E-state index >= 15 is 0 Å². The number of carbonyl (C=O) groups excluding carboxylic acids is 1. The average Bonchev–Trinajstić information content (AvgIpc) is 2.93. The first-order chi connectivity index (χ1) is 12.4. The van der Waals surface area contributed by atoms with Crippen molar-refractivity contribution < 1.29 is 9.18 Å². The number of benzene rings is 2. The maximum Gasteiger partial charge on any atom is 0.226 e. The van der Waals surface area contributed by atoms with Crippen molar-refractivity contribution in [1.82, 2.24) is 14.8 Å². The molecule has 1 amide bonds. The molecular weight excluding hydrogens is 351 g/mol. The van der Waals surface area contributed by atoms with Gasteiger partial charge < -0.3 is 5.32 Å². The fourth-order valence-corrected chi connectivity index (χ4v) is 3.05. The largest absolute Gasteiger partial charge is 0.326 e. The normalized spacial score (nSPS) is 10.7. The predicted molar refractivity (Wildman–Crippen MR) is 102 cm³/mol. The third-order valence-corrected chi connectivity index (χ3v) is 4.24. The van der Waals surface area contributed by atoms with Gasteiger partial charge in [-0.2, -0.15) is 5.10 Å². The summed E-state index contributed by atoms with van der Waals surface area (Å²) >= 11 is 5.25. The van der Waals surface area contributed by atoms with Gasteiger partial charge in [0.15, 0.2) is 10.6 Å². The molecule has 7 heteroatoms. The zero-order chi connectivity index (χ0) is 18.7. The molecule has 0 aliphatic rings. The molecule has 0 fully saturated rings. The number of aryl methyl sites for hydroxylation is 2. The Kier molecular flexibility index (Phi) is 5.27. The van der Waals surface area contributed by atoms with Crippen molar-refractivity contribution in [2.45, 2.75) is 26.8 Å². The maximum atomic E-state index is 13.1. The van der Waals surface area contributed by atoms with Crippen LogP contribution < -0.4 is 5.32 Å². The van der Waals surface area contributed by atoms with E-state index in [2.05, 4.69) is 21.6 Å². The van der Waals surface area contributed by atoms with E-state index in [1.807, 2.05) is 26.0 Å². The molecular formula is C19H19FN4OS. The summed E-state index contributed by atoms with van der Waals surface area (Å²) in [6.07, 6.45) is 0.245. The molecule has 0 saturated heterocycles. The highest BCUT2D eigenvalue weighted by Gasteiger charge is 2.11. The monoisotopic (exact) mass is 370 g/mol. The van der Waals surface area contributed by atoms with Crippen molar-refractivity contribution in [1.29, 1.82) is 0 Å². The lowest BCUT2D eigenvalue weighted by Crippen LogP contribution is -2.15. The second kappa shape index (κ2) is 7.61. The highest BCUT2D eigenvalue weighted by Crippen LogP contribution is 2.18. The first kappa shape index (κ1) is 18.0. The number of H-pyrrole nitrogens is 1. The molecule has 0 radical (unpaired) electrons. The van der Waals surface area contributed by atoms with Crippen LogP contribution in [0.25, 0.3) is 11.4 Å². The molecule has 26 heavy (non-hydrogen) atoms. The number of carbonyl (C=O) groups is 1. The Labute approximate surface area is 155 Å². The molecule has 134 valence electrons. The number of hydrogen-bond donors (Lipinski definition) is 2. The number of nitrogens with zero attached hydrogens (tertiary/aromatic N) is 2. The Morgan fingerprint density at radius 3 is 2.50 bits per heavy atom. The summed E-state index contributed by atoms with van der Waals surface area (Å²) in [5.41, 5.74) is 3.70. The molecule has 0 saturated carbocycles. The summed E-state index contributed by atoms with van der Waals surface area (Å²) in [5, 5.41) is 9.83. The molecule has 0 aliphatic carbocycles. The zero-order valence-electron chi connectivity index (χ0n) is 14.5. The number of halogens is 1. The Bertz CT molecular complexity index is 971. The molecule has 0 aliphatic heterocycles. The molecule has 0 bridgehead atoms. The summed E-state index contributed by atoms with van der Waals surface area (Å²) in [6.45, 7) is 4.35. The lowest BCUT2D eigenvalue weighted by molar-refractivity contribution is -0.116. The first-order valence-corrected chi connectivity index (χ1v) is 8.62. The van der Waals surface area contributed by atoms with Crippen molar-refractivity contribution in [3.63, 3.8) is 0 Å². The van der Waals surface area contributed by atoms with Gasteiger partial charge in [-0.1, -0.05) is 6.07 Å². The number of hydrogen-bond acceptors (Lipinski definition) is 3. The van der Waals surface area contributed by atoms with E-state index < -0.39 is 0 Å². The van der Waals surface area contributed by atoms with Crippen molar-refractivity contribution in [2.75, 3.05) is 5.32 Å². The van der Waals surface area contributed by atoms with Gasteiger partial charge in [-0.05, 0) is 73.6 Å². The molecule has 1 heterocycles. The first-order valence-electron chi connectivity index (χ1n) is 8.21. The van der Waals surface area contributed by atoms with Crippen molar-refractivity contribution in [2.24, 2.45) is 0 Å². The minimum Gasteiger partial charge on any atom is -0.326 e. The van der Waals surface area contributed by atoms with Crippen LogP contribution in [0.15, 0.2) is 42.5 Å². The van der Waals surface area contributed by atoms with Crippen LogP contribution in [0, 0.1) is 24.4 Å². The molecule has 1 aromatic heterocycles. The number of aromatic amines is 1. The molecule has 3 aromatic rings. The van der Waals surface area contributed by atoms with E-state index in [9.17, 15) is 9.18 Å². The van der Waals surface area contributed by atoms with Gasteiger partial charge in [0.1, 0.15) is 5.82 Å². The topological polar surface area (TPSA) is 62.7 Å². The Morgan fingerprint density at radius 1 is 1.19 bits per heavy atom. The Hall–Kier alpha value is -2.80. The number of anilines is 1. The van der Waals surface area contributed by atoms with E-state index in [1.165, 1.54) is 12.1 Å². The predicted octanol–water partition coefficient (Wildman–Crippen LogP) is 4.39. The van der Waals surface area contributed by atoms with Crippen LogP contribution in [0.5, 0.6) is 0 Å². The maximum absolute atomic E-state index is 13.1. The fourth-order valence-electron chi connectivity index (χ4n) is 2.83. The summed E-state index contributed by atoms with van der Waals surface area (Å²) in [5.74, 6) is 0.152. The standard InChI is InChI=1S/C19H19FN4OS/c1-12-9-13(2)11-16(10-12)21-17(25)7-8-24-18(22-23-19(24)26)14-3-5-15(20)6-4-14/h3-6,9-11H,7-8H2,1-2H3,(H,21,25)(H,23,26). The van der Waals surface area contributed by atoms with Crippen LogP contribution >= 0.6 is 12.2 Å². The van der Waals surface area contributed by atoms with Crippen LogP contribution in [0.1, 0.15) is 17.5 Å². The van der Waals surface area contributed by atoms with Crippen LogP contribution in [-0.4, -0.2) is 20.7 Å². The van der Waals surface area contributed by atoms with Crippen molar-refractivity contribution in [3.8, 4) is 11.4 Å². The lowest BCUT2D eigenvalue weighted by Gasteiger charge is -2.09. The van der Waals surface area contributed by atoms with Gasteiger partial charge in [0, 0.05) is 24.2 Å². The van der Waals surface area contributed by atoms with Crippen LogP contribution in [0.3, 0.4) is 0 Å². The number of amides is 1. The average molecular weight is 370 g/mol. The number of rotatable bonds is 5. The van der Waals surface area contributed by atoms with E-state index in [1.54, 1.807) is 16.7 Å². The van der Waals surface area contributed by atoms with Gasteiger partial charge in [0.05, 0.1) is 0 Å². The molecule has 0 spiro atoms. The minimum absolute atomic E-state index is 0.108. The van der Waals surface area contributed by atoms with Gasteiger partial charge in [-0.25, -0.2) is 4.39 Å². The van der Waals surface area contributed by atoms with Gasteiger partial charge in [-0.15, -0.1) is 0 Å². The highest BCUT2D eigenvalue weighted by molar-refractivity contribution is 7.71. The summed E-state index contributed by atoms with van der Waals surface area (Å²) in [7, 11) is 0. The molecule has 0 atom stereocenters. The second-order valence-corrected chi connectivity index (χ2v) is 6.57. The van der Waals surface area contributed by atoms with E-state index in [4.69, 9.17) is 12.2 Å². The fraction of sp³-hybridized carbons (Fsp3) is 0.211. The van der Waals surface area contributed by atoms with Gasteiger partial charge >= 0.3 is 0 Å². The van der Waals surface area contributed by atoms with Crippen LogP contribution in [0.4, 0.5) is 10.1 Å². The van der Waals surface area contributed by atoms with Gasteiger partial charge in [0.2, 0.25) is 5.91 Å². The van der Waals surface area contributed by atoms with E-state index in [-0.39, 0.29) is 18.1 Å². The molecule has 5 nitrogen and oxygen atoms in total. The smallest absolute Gasteiger partial charge is 0.226 e. The Morgan fingerprint density at radius 2 is 1.85 bits per heavy atom. The second-order valence-electron chi connectivity index (χ2n) is 6.19. The zero-order valence-corrected chi connectivity index (χ0v) is 15.4. The number of aromatic nitrogens is 3. The summed E-state index contributed by atoms with van der Waals surface area (Å²) in [4.78, 5) is 12.3. The van der Waals surface area contributed by atoms with Gasteiger partial charge in [0.25, 0.3) is 0 Å². The Balaban J connectivity index is 1.71. The van der Waals surface area contributed by atoms with Crippen LogP contribution in [-0.2, 0) is 11.3 Å². The summed E-state index contributed by atoms with van der Waals surface area (Å²) in [6, 6.07) is 11.9. The molecule has 2 N–H and O–H groups in total. The number of nitrogens with one attached hydrogen (secondary N) is 2. The van der Waals surface area contributed by atoms with Crippen LogP contribution in [0.2, 0.25) is 0 Å². The van der Waals surface area contributed by atoms with Crippen molar-refractivity contribution >= 4 is 23.8 Å². The van der Waals surface area contributed by atoms with Gasteiger partial charge in [-0.3, -0.25) is 14.5 Å². The lowest BCUT2D eigenvalue weighted by atomic mass is 10.1. The molecule has 0 unspecified atom stereocenters. The third-order valence-electron chi connectivity index (χ3n) is 3.93. The summed E-state index contributed by atoms with van der Waals surface area (Å²) < 4.78 is 15.3. The third kappa shape index (κ3) is 4.23.